The van der Waals surface area contributed by atoms with Gasteiger partial charge < -0.3 is 5.73 Å². The Balaban J connectivity index is 2.12. The van der Waals surface area contributed by atoms with Crippen molar-refractivity contribution in [3.8, 4) is 0 Å². The van der Waals surface area contributed by atoms with Crippen LogP contribution in [0.25, 0.3) is 0 Å². The van der Waals surface area contributed by atoms with Gasteiger partial charge in [-0.05, 0) is 30.0 Å². The summed E-state index contributed by atoms with van der Waals surface area (Å²) in [5.41, 5.74) is 6.72. The maximum absolute atomic E-state index is 7.30. The molecule has 0 aromatic heterocycles. The first-order valence-corrected chi connectivity index (χ1v) is 5.07. The molecule has 68 valence electrons. The van der Waals surface area contributed by atoms with E-state index in [9.17, 15) is 0 Å². The van der Waals surface area contributed by atoms with E-state index in [4.69, 9.17) is 11.1 Å². The van der Waals surface area contributed by atoms with E-state index in [0.29, 0.717) is 17.7 Å². The minimum absolute atomic E-state index is 0.293. The van der Waals surface area contributed by atoms with Crippen LogP contribution in [0.4, 0.5) is 0 Å². The van der Waals surface area contributed by atoms with Gasteiger partial charge in [0.1, 0.15) is 0 Å². The molecule has 1 aromatic rings. The molecule has 0 saturated heterocycles. The number of hydrogen-bond acceptors (Lipinski definition) is 1. The van der Waals surface area contributed by atoms with Gasteiger partial charge in [0.15, 0.2) is 0 Å². The van der Waals surface area contributed by atoms with Crippen molar-refractivity contribution in [3.05, 3.63) is 34.3 Å². The second-order valence-corrected chi connectivity index (χ2v) is 4.37. The highest BCUT2D eigenvalue weighted by Gasteiger charge is 2.40. The molecular formula is C10H11BrN2. The van der Waals surface area contributed by atoms with Crippen LogP contribution in [0.3, 0.4) is 0 Å². The third-order valence-electron chi connectivity index (χ3n) is 2.49. The van der Waals surface area contributed by atoms with Gasteiger partial charge >= 0.3 is 0 Å². The first kappa shape index (κ1) is 8.75. The zero-order valence-corrected chi connectivity index (χ0v) is 8.71. The van der Waals surface area contributed by atoms with Crippen molar-refractivity contribution in [2.45, 2.75) is 12.3 Å². The molecule has 1 saturated carbocycles. The summed E-state index contributed by atoms with van der Waals surface area (Å²) in [6.07, 6.45) is 1.04. The lowest BCUT2D eigenvalue weighted by atomic mass is 10.1. The molecule has 2 nitrogen and oxygen atoms in total. The fourth-order valence-electron chi connectivity index (χ4n) is 1.62. The lowest BCUT2D eigenvalue weighted by Gasteiger charge is -1.99. The number of amidine groups is 1. The molecule has 1 aromatic carbocycles. The molecule has 0 radical (unpaired) electrons. The molecule has 3 heteroatoms. The average molecular weight is 239 g/mol. The Bertz CT molecular complexity index is 331. The molecule has 0 bridgehead atoms. The summed E-state index contributed by atoms with van der Waals surface area (Å²) in [5, 5.41) is 7.30. The van der Waals surface area contributed by atoms with Gasteiger partial charge in [-0.1, -0.05) is 28.1 Å². The molecule has 13 heavy (non-hydrogen) atoms. The van der Waals surface area contributed by atoms with Gasteiger partial charge in [-0.25, -0.2) is 0 Å². The van der Waals surface area contributed by atoms with Crippen LogP contribution >= 0.6 is 15.9 Å². The van der Waals surface area contributed by atoms with Gasteiger partial charge in [0, 0.05) is 10.4 Å². The highest BCUT2D eigenvalue weighted by atomic mass is 79.9. The van der Waals surface area contributed by atoms with Crippen LogP contribution in [0.1, 0.15) is 17.9 Å². The summed E-state index contributed by atoms with van der Waals surface area (Å²) in [5.74, 6) is 1.11. The van der Waals surface area contributed by atoms with E-state index in [1.807, 2.05) is 12.1 Å². The SMILES string of the molecule is N=C(N)[C@@H]1C[C@@H]1c1ccc(Br)cc1. The summed E-state index contributed by atoms with van der Waals surface area (Å²) < 4.78 is 1.09. The first-order chi connectivity index (χ1) is 6.18. The fraction of sp³-hybridized carbons (Fsp3) is 0.300. The molecule has 0 aliphatic heterocycles. The van der Waals surface area contributed by atoms with Crippen molar-refractivity contribution < 1.29 is 0 Å². The van der Waals surface area contributed by atoms with Crippen LogP contribution in [-0.2, 0) is 0 Å². The molecule has 2 rings (SSSR count). The Labute approximate surface area is 85.8 Å². The first-order valence-electron chi connectivity index (χ1n) is 4.28. The Kier molecular flexibility index (Phi) is 2.12. The van der Waals surface area contributed by atoms with E-state index in [2.05, 4.69) is 28.1 Å². The normalized spacial score (nSPS) is 25.6. The monoisotopic (exact) mass is 238 g/mol. The number of nitrogens with one attached hydrogen (secondary N) is 1. The summed E-state index contributed by atoms with van der Waals surface area (Å²) >= 11 is 3.39. The van der Waals surface area contributed by atoms with Gasteiger partial charge in [-0.2, -0.15) is 0 Å². The van der Waals surface area contributed by atoms with E-state index in [-0.39, 0.29) is 0 Å². The van der Waals surface area contributed by atoms with Crippen molar-refractivity contribution in [1.82, 2.24) is 0 Å². The number of hydrogen-bond donors (Lipinski definition) is 2. The summed E-state index contributed by atoms with van der Waals surface area (Å²) in [6.45, 7) is 0. The standard InChI is InChI=1S/C10H11BrN2/c11-7-3-1-6(2-4-7)8-5-9(8)10(12)13/h1-4,8-9H,5H2,(H3,12,13)/t8-,9-/m1/s1. The minimum atomic E-state index is 0.293. The second-order valence-electron chi connectivity index (χ2n) is 3.46. The predicted molar refractivity (Wildman–Crippen MR) is 56.9 cm³/mol. The predicted octanol–water partition coefficient (Wildman–Crippen LogP) is 2.49. The number of nitrogens with two attached hydrogens (primary N) is 1. The zero-order valence-electron chi connectivity index (χ0n) is 7.13. The van der Waals surface area contributed by atoms with Crippen LogP contribution in [0, 0.1) is 11.3 Å². The Morgan fingerprint density at radius 3 is 2.46 bits per heavy atom. The molecule has 1 aliphatic carbocycles. The molecule has 1 aliphatic rings. The highest BCUT2D eigenvalue weighted by molar-refractivity contribution is 9.10. The average Bonchev–Trinajstić information content (AvgIpc) is 2.85. The topological polar surface area (TPSA) is 49.9 Å². The molecule has 0 unspecified atom stereocenters. The van der Waals surface area contributed by atoms with Crippen molar-refractivity contribution >= 4 is 21.8 Å². The van der Waals surface area contributed by atoms with Crippen molar-refractivity contribution in [2.75, 3.05) is 0 Å². The van der Waals surface area contributed by atoms with Gasteiger partial charge in [-0.3, -0.25) is 5.41 Å². The lowest BCUT2D eigenvalue weighted by molar-refractivity contribution is 1.03. The van der Waals surface area contributed by atoms with Crippen molar-refractivity contribution in [1.29, 1.82) is 5.41 Å². The quantitative estimate of drug-likeness (QED) is 0.604. The molecule has 0 heterocycles. The summed E-state index contributed by atoms with van der Waals surface area (Å²) in [4.78, 5) is 0. The van der Waals surface area contributed by atoms with E-state index in [0.717, 1.165) is 10.9 Å². The molecule has 1 fully saturated rings. The smallest absolute Gasteiger partial charge is 0.0943 e. The minimum Gasteiger partial charge on any atom is -0.387 e. The van der Waals surface area contributed by atoms with Gasteiger partial charge in [0.05, 0.1) is 5.84 Å². The Morgan fingerprint density at radius 1 is 1.38 bits per heavy atom. The van der Waals surface area contributed by atoms with Crippen molar-refractivity contribution in [2.24, 2.45) is 11.7 Å². The summed E-state index contributed by atoms with van der Waals surface area (Å²) in [6, 6.07) is 8.26. The van der Waals surface area contributed by atoms with E-state index in [1.54, 1.807) is 0 Å². The third-order valence-corrected chi connectivity index (χ3v) is 3.02. The van der Waals surface area contributed by atoms with Crippen LogP contribution < -0.4 is 5.73 Å². The van der Waals surface area contributed by atoms with Crippen molar-refractivity contribution in [3.63, 3.8) is 0 Å². The zero-order chi connectivity index (χ0) is 9.42. The highest BCUT2D eigenvalue weighted by Crippen LogP contribution is 2.47. The van der Waals surface area contributed by atoms with Gasteiger partial charge in [-0.15, -0.1) is 0 Å². The number of halogens is 1. The maximum Gasteiger partial charge on any atom is 0.0943 e. The molecule has 0 amide bonds. The molecule has 2 atom stereocenters. The third kappa shape index (κ3) is 1.75. The van der Waals surface area contributed by atoms with Gasteiger partial charge in [0.2, 0.25) is 0 Å². The number of benzene rings is 1. The molecule has 3 N–H and O–H groups in total. The summed E-state index contributed by atoms with van der Waals surface area (Å²) in [7, 11) is 0. The van der Waals surface area contributed by atoms with Crippen LogP contribution in [0.2, 0.25) is 0 Å². The maximum atomic E-state index is 7.30. The van der Waals surface area contributed by atoms with E-state index in [1.165, 1.54) is 5.56 Å². The molecule has 0 spiro atoms. The lowest BCUT2D eigenvalue weighted by Crippen LogP contribution is -2.12. The fourth-order valence-corrected chi connectivity index (χ4v) is 1.88. The molecular weight excluding hydrogens is 228 g/mol. The van der Waals surface area contributed by atoms with Gasteiger partial charge in [0.25, 0.3) is 0 Å². The van der Waals surface area contributed by atoms with Crippen LogP contribution in [0.5, 0.6) is 0 Å². The Morgan fingerprint density at radius 2 is 2.00 bits per heavy atom. The van der Waals surface area contributed by atoms with E-state index < -0.39 is 0 Å². The van der Waals surface area contributed by atoms with E-state index >= 15 is 0 Å². The van der Waals surface area contributed by atoms with Crippen LogP contribution in [0.15, 0.2) is 28.7 Å². The second kappa shape index (κ2) is 3.14. The number of rotatable bonds is 2. The van der Waals surface area contributed by atoms with Crippen LogP contribution in [-0.4, -0.2) is 5.84 Å². The Hall–Kier alpha value is -0.830. The largest absolute Gasteiger partial charge is 0.387 e.